The summed E-state index contributed by atoms with van der Waals surface area (Å²) in [6, 6.07) is 57.3. The van der Waals surface area contributed by atoms with Crippen LogP contribution in [0.4, 0.5) is 30.2 Å². The third-order valence-corrected chi connectivity index (χ3v) is 13.1. The van der Waals surface area contributed by atoms with E-state index in [-0.39, 0.29) is 5.56 Å². The molecule has 7 nitrogen and oxygen atoms in total. The van der Waals surface area contributed by atoms with Crippen molar-refractivity contribution < 1.29 is 13.2 Å². The number of alkyl halides is 3. The van der Waals surface area contributed by atoms with Crippen molar-refractivity contribution in [1.82, 2.24) is 9.13 Å². The molecule has 71 heavy (non-hydrogen) atoms. The van der Waals surface area contributed by atoms with Gasteiger partial charge in [0.05, 0.1) is 70.9 Å². The molecule has 0 atom stereocenters. The number of benzene rings is 9. The molecule has 11 aromatic rings. The van der Waals surface area contributed by atoms with E-state index in [1.54, 1.807) is 61.5 Å². The van der Waals surface area contributed by atoms with Gasteiger partial charge in [-0.15, -0.1) is 0 Å². The summed E-state index contributed by atoms with van der Waals surface area (Å²) < 4.78 is 49.1. The number of para-hydroxylation sites is 2. The summed E-state index contributed by atoms with van der Waals surface area (Å²) in [4.78, 5) is 11.1. The first kappa shape index (κ1) is 43.4. The van der Waals surface area contributed by atoms with Crippen molar-refractivity contribution in [3.63, 3.8) is 0 Å². The Morgan fingerprint density at radius 2 is 0.958 bits per heavy atom. The van der Waals surface area contributed by atoms with Gasteiger partial charge in [0.1, 0.15) is 0 Å². The number of hydrogen-bond acceptors (Lipinski definition) is 2. The number of nitrogens with zero attached hydrogens (tertiary/aromatic N) is 7. The smallest absolute Gasteiger partial charge is 0.309 e. The van der Waals surface area contributed by atoms with Gasteiger partial charge < -0.3 is 9.13 Å². The van der Waals surface area contributed by atoms with Crippen molar-refractivity contribution in [2.75, 3.05) is 0 Å². The number of aryl methyl sites for hydroxylation is 1. The van der Waals surface area contributed by atoms with Crippen molar-refractivity contribution in [1.29, 1.82) is 10.5 Å². The highest BCUT2D eigenvalue weighted by Gasteiger charge is 2.34. The van der Waals surface area contributed by atoms with Gasteiger partial charge >= 0.3 is 6.18 Å². The highest BCUT2D eigenvalue weighted by Crippen LogP contribution is 2.46. The number of rotatable bonds is 6. The molecule has 332 valence electrons. The third kappa shape index (κ3) is 7.27. The highest BCUT2D eigenvalue weighted by atomic mass is 19.4. The van der Waals surface area contributed by atoms with Crippen LogP contribution in [-0.4, -0.2) is 9.13 Å². The van der Waals surface area contributed by atoms with Crippen LogP contribution in [0.15, 0.2) is 176 Å². The quantitative estimate of drug-likeness (QED) is 0.156. The molecule has 0 amide bonds. The molecule has 9 aromatic carbocycles. The zero-order valence-corrected chi connectivity index (χ0v) is 37.5. The highest BCUT2D eigenvalue weighted by molar-refractivity contribution is 6.13. The van der Waals surface area contributed by atoms with Gasteiger partial charge in [-0.2, -0.15) is 23.7 Å². The molecule has 0 saturated carbocycles. The van der Waals surface area contributed by atoms with Crippen molar-refractivity contribution >= 4 is 60.7 Å². The summed E-state index contributed by atoms with van der Waals surface area (Å²) in [6.07, 6.45) is -4.65. The Labute approximate surface area is 405 Å². The second-order valence-corrected chi connectivity index (χ2v) is 17.2. The van der Waals surface area contributed by atoms with Crippen LogP contribution < -0.4 is 0 Å². The SMILES string of the molecule is [C-]#[N+]c1cc(C#N)cc(-c2ccc3c(c2)c2ccccc2n3-c2ccc([N+]#[C-])cc2-c2ccc(-c3c(C)cccc3C(F)(F)F)cc2-n2c3ccccc3c3cc(-c4cc(C#N)cc([N+]#[C-])c4)ccc32)c1. The minimum atomic E-state index is -4.65. The van der Waals surface area contributed by atoms with Gasteiger partial charge in [0.25, 0.3) is 0 Å². The first-order chi connectivity index (χ1) is 34.5. The van der Waals surface area contributed by atoms with Crippen molar-refractivity contribution in [2.45, 2.75) is 13.1 Å². The van der Waals surface area contributed by atoms with E-state index < -0.39 is 11.7 Å². The number of halogens is 3. The number of hydrogen-bond donors (Lipinski definition) is 0. The van der Waals surface area contributed by atoms with Gasteiger partial charge in [-0.25, -0.2) is 14.5 Å². The molecular formula is C61H32F3N7. The van der Waals surface area contributed by atoms with Crippen LogP contribution in [-0.2, 0) is 6.18 Å². The molecule has 2 heterocycles. The monoisotopic (exact) mass is 919 g/mol. The van der Waals surface area contributed by atoms with Crippen molar-refractivity contribution in [3.8, 4) is 68.0 Å². The Morgan fingerprint density at radius 3 is 1.49 bits per heavy atom. The van der Waals surface area contributed by atoms with E-state index >= 15 is 0 Å². The molecule has 0 N–H and O–H groups in total. The molecule has 2 aromatic heterocycles. The summed E-state index contributed by atoms with van der Waals surface area (Å²) in [5.74, 6) is 0. The molecule has 0 bridgehead atoms. The Hall–Kier alpha value is -10.2. The molecule has 0 unspecified atom stereocenters. The fraction of sp³-hybridized carbons (Fsp3) is 0.0328. The standard InChI is InChI=1S/C61H32F3N7/c1-36-10-9-13-53(61(62,63)64)60(36)41-16-20-49(59(32-41)71-55-15-8-6-12-48(55)51-31-40(18-22-57(51)71)43-25-38(35-66)27-46(29-43)69-4)52-33-44(67-2)19-23-58(52)70-54-14-7-5-11-47(54)50-30-39(17-21-56(50)70)42-24-37(34-65)26-45(28-42)68-3/h5-33H,1H3. The van der Waals surface area contributed by atoms with Crippen LogP contribution in [0.5, 0.6) is 0 Å². The average molecular weight is 920 g/mol. The molecule has 0 saturated heterocycles. The van der Waals surface area contributed by atoms with Gasteiger partial charge in [-0.1, -0.05) is 78.9 Å². The topological polar surface area (TPSA) is 70.5 Å². The summed E-state index contributed by atoms with van der Waals surface area (Å²) in [5, 5.41) is 23.2. The number of aromatic nitrogens is 2. The molecule has 0 fully saturated rings. The van der Waals surface area contributed by atoms with E-state index in [1.807, 2.05) is 103 Å². The van der Waals surface area contributed by atoms with Gasteiger partial charge in [-0.3, -0.25) is 0 Å². The van der Waals surface area contributed by atoms with Crippen LogP contribution >= 0.6 is 0 Å². The maximum absolute atomic E-state index is 15.0. The predicted molar refractivity (Wildman–Crippen MR) is 275 cm³/mol. The lowest BCUT2D eigenvalue weighted by Gasteiger charge is -2.21. The molecule has 0 aliphatic rings. The Bertz CT molecular complexity index is 4240. The third-order valence-electron chi connectivity index (χ3n) is 13.1. The Morgan fingerprint density at radius 1 is 0.437 bits per heavy atom. The normalized spacial score (nSPS) is 11.3. The lowest BCUT2D eigenvalue weighted by molar-refractivity contribution is -0.137. The molecule has 11 rings (SSSR count). The number of fused-ring (bicyclic) bond motifs is 6. The predicted octanol–water partition coefficient (Wildman–Crippen LogP) is 17.3. The van der Waals surface area contributed by atoms with E-state index in [9.17, 15) is 23.7 Å². The summed E-state index contributed by atoms with van der Waals surface area (Å²) in [6.45, 7) is 25.2. The molecule has 0 aliphatic carbocycles. The Balaban J connectivity index is 1.22. The molecule has 0 spiro atoms. The van der Waals surface area contributed by atoms with Gasteiger partial charge in [0.2, 0.25) is 0 Å². The number of nitriles is 2. The first-order valence-electron chi connectivity index (χ1n) is 22.3. The molecule has 0 aliphatic heterocycles. The molecule has 10 heteroatoms. The van der Waals surface area contributed by atoms with Gasteiger partial charge in [-0.05, 0) is 148 Å². The maximum atomic E-state index is 15.0. The van der Waals surface area contributed by atoms with E-state index in [4.69, 9.17) is 19.7 Å². The van der Waals surface area contributed by atoms with E-state index in [1.165, 1.54) is 6.07 Å². The lowest BCUT2D eigenvalue weighted by atomic mass is 9.91. The van der Waals surface area contributed by atoms with E-state index in [0.717, 1.165) is 72.1 Å². The zero-order valence-electron chi connectivity index (χ0n) is 37.5. The van der Waals surface area contributed by atoms with Crippen LogP contribution in [0.1, 0.15) is 22.3 Å². The summed E-state index contributed by atoms with van der Waals surface area (Å²) in [5.41, 5.74) is 10.7. The van der Waals surface area contributed by atoms with Crippen molar-refractivity contribution in [2.24, 2.45) is 0 Å². The Kier molecular flexibility index (Phi) is 10.3. The zero-order chi connectivity index (χ0) is 49.1. The second kappa shape index (κ2) is 16.9. The van der Waals surface area contributed by atoms with Crippen LogP contribution in [0.25, 0.3) is 114 Å². The summed E-state index contributed by atoms with van der Waals surface area (Å²) >= 11 is 0. The minimum absolute atomic E-state index is 0.0565. The van der Waals surface area contributed by atoms with Crippen molar-refractivity contribution in [3.05, 3.63) is 232 Å². The summed E-state index contributed by atoms with van der Waals surface area (Å²) in [7, 11) is 0. The molecule has 0 radical (unpaired) electrons. The molecular weight excluding hydrogens is 888 g/mol. The second-order valence-electron chi connectivity index (χ2n) is 17.2. The average Bonchev–Trinajstić information content (AvgIpc) is 3.91. The van der Waals surface area contributed by atoms with E-state index in [2.05, 4.69) is 41.9 Å². The fourth-order valence-electron chi connectivity index (χ4n) is 10.0. The van der Waals surface area contributed by atoms with Crippen LogP contribution in [0, 0.1) is 49.3 Å². The lowest BCUT2D eigenvalue weighted by Crippen LogP contribution is -2.08. The van der Waals surface area contributed by atoms with Crippen LogP contribution in [0.3, 0.4) is 0 Å². The van der Waals surface area contributed by atoms with E-state index in [0.29, 0.717) is 61.7 Å². The largest absolute Gasteiger partial charge is 0.417 e. The first-order valence-corrected chi connectivity index (χ1v) is 22.3. The maximum Gasteiger partial charge on any atom is 0.417 e. The van der Waals surface area contributed by atoms with Gasteiger partial charge in [0.15, 0.2) is 17.1 Å². The van der Waals surface area contributed by atoms with Gasteiger partial charge in [0, 0.05) is 38.2 Å². The van der Waals surface area contributed by atoms with Crippen LogP contribution in [0.2, 0.25) is 0 Å². The fourth-order valence-corrected chi connectivity index (χ4v) is 10.0. The minimum Gasteiger partial charge on any atom is -0.309 e.